The van der Waals surface area contributed by atoms with E-state index < -0.39 is 0 Å². The normalized spacial score (nSPS) is 12.1. The maximum Gasteiger partial charge on any atom is 0.0641 e. The van der Waals surface area contributed by atoms with Crippen molar-refractivity contribution in [1.82, 2.24) is 0 Å². The van der Waals surface area contributed by atoms with Gasteiger partial charge < -0.3 is 5.11 Å². The summed E-state index contributed by atoms with van der Waals surface area (Å²) in [6.07, 6.45) is 9.56. The summed E-state index contributed by atoms with van der Waals surface area (Å²) in [6.45, 7) is 4.55. The number of aliphatic hydroxyl groups excluding tert-OH is 1. The standard InChI is InChI=1S/C11H22O/c1-3-5-6-7-8-9-11(4-2)10-12/h9,12H,3-8,10H2,1-2H3/b11-9-. The molecule has 1 N–H and O–H groups in total. The average Bonchev–Trinajstić information content (AvgIpc) is 2.11. The van der Waals surface area contributed by atoms with Crippen molar-refractivity contribution >= 4 is 0 Å². The Hall–Kier alpha value is -0.300. The van der Waals surface area contributed by atoms with Gasteiger partial charge in [0.25, 0.3) is 0 Å². The number of allylic oxidation sites excluding steroid dienone is 1. The van der Waals surface area contributed by atoms with E-state index >= 15 is 0 Å². The lowest BCUT2D eigenvalue weighted by Gasteiger charge is -1.99. The average molecular weight is 170 g/mol. The predicted molar refractivity (Wildman–Crippen MR) is 54.2 cm³/mol. The highest BCUT2D eigenvalue weighted by Crippen LogP contribution is 2.06. The van der Waals surface area contributed by atoms with Crippen LogP contribution >= 0.6 is 0 Å². The quantitative estimate of drug-likeness (QED) is 0.459. The number of unbranched alkanes of at least 4 members (excludes halogenated alkanes) is 4. The first kappa shape index (κ1) is 11.7. The summed E-state index contributed by atoms with van der Waals surface area (Å²) in [7, 11) is 0. The minimum absolute atomic E-state index is 0.240. The largest absolute Gasteiger partial charge is 0.392 e. The van der Waals surface area contributed by atoms with E-state index in [-0.39, 0.29) is 6.61 Å². The molecule has 0 unspecified atom stereocenters. The molecule has 72 valence electrons. The van der Waals surface area contributed by atoms with Crippen LogP contribution in [0.3, 0.4) is 0 Å². The third-order valence-electron chi connectivity index (χ3n) is 2.15. The molecule has 0 saturated heterocycles. The monoisotopic (exact) mass is 170 g/mol. The summed E-state index contributed by atoms with van der Waals surface area (Å²) in [5.41, 5.74) is 1.19. The van der Waals surface area contributed by atoms with Gasteiger partial charge in [0, 0.05) is 0 Å². The fourth-order valence-corrected chi connectivity index (χ4v) is 1.20. The second kappa shape index (κ2) is 8.79. The van der Waals surface area contributed by atoms with Gasteiger partial charge in [-0.3, -0.25) is 0 Å². The van der Waals surface area contributed by atoms with Gasteiger partial charge in [-0.25, -0.2) is 0 Å². The Balaban J connectivity index is 3.31. The summed E-state index contributed by atoms with van der Waals surface area (Å²) in [4.78, 5) is 0. The van der Waals surface area contributed by atoms with Crippen molar-refractivity contribution in [1.29, 1.82) is 0 Å². The van der Waals surface area contributed by atoms with E-state index in [1.54, 1.807) is 0 Å². The maximum atomic E-state index is 8.86. The van der Waals surface area contributed by atoms with Gasteiger partial charge >= 0.3 is 0 Å². The molecule has 0 aromatic rings. The van der Waals surface area contributed by atoms with Gasteiger partial charge in [-0.1, -0.05) is 39.2 Å². The summed E-state index contributed by atoms with van der Waals surface area (Å²) in [6, 6.07) is 0. The van der Waals surface area contributed by atoms with E-state index in [1.165, 1.54) is 31.3 Å². The topological polar surface area (TPSA) is 20.2 Å². The second-order valence-corrected chi connectivity index (χ2v) is 3.22. The lowest BCUT2D eigenvalue weighted by atomic mass is 10.1. The third kappa shape index (κ3) is 6.41. The van der Waals surface area contributed by atoms with Crippen LogP contribution in [0.15, 0.2) is 11.6 Å². The third-order valence-corrected chi connectivity index (χ3v) is 2.15. The Morgan fingerprint density at radius 2 is 1.92 bits per heavy atom. The van der Waals surface area contributed by atoms with Crippen LogP contribution in [-0.4, -0.2) is 11.7 Å². The van der Waals surface area contributed by atoms with Crippen LogP contribution in [0.1, 0.15) is 52.4 Å². The fourth-order valence-electron chi connectivity index (χ4n) is 1.20. The van der Waals surface area contributed by atoms with Crippen LogP contribution in [0.5, 0.6) is 0 Å². The van der Waals surface area contributed by atoms with Crippen LogP contribution in [-0.2, 0) is 0 Å². The maximum absolute atomic E-state index is 8.86. The van der Waals surface area contributed by atoms with Gasteiger partial charge in [0.2, 0.25) is 0 Å². The molecule has 0 heterocycles. The van der Waals surface area contributed by atoms with Crippen molar-refractivity contribution in [2.45, 2.75) is 52.4 Å². The van der Waals surface area contributed by atoms with Crippen molar-refractivity contribution in [3.05, 3.63) is 11.6 Å². The first-order chi connectivity index (χ1) is 5.85. The summed E-state index contributed by atoms with van der Waals surface area (Å²) in [5, 5.41) is 8.86. The molecule has 0 atom stereocenters. The number of rotatable bonds is 7. The van der Waals surface area contributed by atoms with Gasteiger partial charge in [-0.15, -0.1) is 0 Å². The molecule has 0 spiro atoms. The second-order valence-electron chi connectivity index (χ2n) is 3.22. The summed E-state index contributed by atoms with van der Waals surface area (Å²) < 4.78 is 0. The number of aliphatic hydroxyl groups is 1. The van der Waals surface area contributed by atoms with E-state index in [1.807, 2.05) is 0 Å². The minimum Gasteiger partial charge on any atom is -0.392 e. The molecule has 0 radical (unpaired) electrons. The Bertz CT molecular complexity index is 110. The van der Waals surface area contributed by atoms with Crippen molar-refractivity contribution in [3.8, 4) is 0 Å². The molecule has 0 aromatic carbocycles. The Labute approximate surface area is 76.5 Å². The summed E-state index contributed by atoms with van der Waals surface area (Å²) >= 11 is 0. The minimum atomic E-state index is 0.240. The lowest BCUT2D eigenvalue weighted by Crippen LogP contribution is -1.87. The highest BCUT2D eigenvalue weighted by atomic mass is 16.3. The van der Waals surface area contributed by atoms with Crippen LogP contribution in [0.25, 0.3) is 0 Å². The van der Waals surface area contributed by atoms with Crippen LogP contribution in [0, 0.1) is 0 Å². The SMILES string of the molecule is CCCCCC/C=C(/CC)CO. The molecule has 12 heavy (non-hydrogen) atoms. The molecule has 0 bridgehead atoms. The predicted octanol–water partition coefficient (Wildman–Crippen LogP) is 3.29. The Kier molecular flexibility index (Phi) is 8.57. The molecule has 0 fully saturated rings. The van der Waals surface area contributed by atoms with E-state index in [9.17, 15) is 0 Å². The smallest absolute Gasteiger partial charge is 0.0641 e. The zero-order valence-electron chi connectivity index (χ0n) is 8.47. The molecule has 1 nitrogen and oxygen atoms in total. The van der Waals surface area contributed by atoms with Gasteiger partial charge in [0.05, 0.1) is 6.61 Å². The Morgan fingerprint density at radius 3 is 2.42 bits per heavy atom. The van der Waals surface area contributed by atoms with Crippen molar-refractivity contribution in [2.75, 3.05) is 6.61 Å². The fraction of sp³-hybridized carbons (Fsp3) is 0.818. The van der Waals surface area contributed by atoms with Gasteiger partial charge in [0.1, 0.15) is 0 Å². The number of hydrogen-bond donors (Lipinski definition) is 1. The van der Waals surface area contributed by atoms with E-state index in [0.717, 1.165) is 12.8 Å². The molecule has 0 rings (SSSR count). The van der Waals surface area contributed by atoms with Crippen molar-refractivity contribution < 1.29 is 5.11 Å². The van der Waals surface area contributed by atoms with Gasteiger partial charge in [-0.05, 0) is 24.8 Å². The molecule has 1 heteroatoms. The number of hydrogen-bond acceptors (Lipinski definition) is 1. The first-order valence-electron chi connectivity index (χ1n) is 5.13. The zero-order chi connectivity index (χ0) is 9.23. The molecule has 0 aliphatic heterocycles. The van der Waals surface area contributed by atoms with Crippen molar-refractivity contribution in [3.63, 3.8) is 0 Å². The van der Waals surface area contributed by atoms with E-state index in [4.69, 9.17) is 5.11 Å². The highest BCUT2D eigenvalue weighted by Gasteiger charge is 1.90. The van der Waals surface area contributed by atoms with Gasteiger partial charge in [0.15, 0.2) is 0 Å². The lowest BCUT2D eigenvalue weighted by molar-refractivity contribution is 0.327. The first-order valence-corrected chi connectivity index (χ1v) is 5.13. The van der Waals surface area contributed by atoms with Crippen LogP contribution in [0.4, 0.5) is 0 Å². The van der Waals surface area contributed by atoms with Gasteiger partial charge in [-0.2, -0.15) is 0 Å². The van der Waals surface area contributed by atoms with E-state index in [0.29, 0.717) is 0 Å². The zero-order valence-corrected chi connectivity index (χ0v) is 8.47. The molecular weight excluding hydrogens is 148 g/mol. The molecule has 0 saturated carbocycles. The Morgan fingerprint density at radius 1 is 1.17 bits per heavy atom. The highest BCUT2D eigenvalue weighted by molar-refractivity contribution is 5.00. The molecule has 0 aliphatic carbocycles. The molecular formula is C11H22O. The molecule has 0 aliphatic rings. The van der Waals surface area contributed by atoms with E-state index in [2.05, 4.69) is 19.9 Å². The van der Waals surface area contributed by atoms with Crippen LogP contribution < -0.4 is 0 Å². The van der Waals surface area contributed by atoms with Crippen LogP contribution in [0.2, 0.25) is 0 Å². The van der Waals surface area contributed by atoms with Crippen molar-refractivity contribution in [2.24, 2.45) is 0 Å². The molecule has 0 aromatic heterocycles. The molecule has 0 amide bonds. The summed E-state index contributed by atoms with van der Waals surface area (Å²) in [5.74, 6) is 0.